The Labute approximate surface area is 215 Å². The van der Waals surface area contributed by atoms with E-state index in [2.05, 4.69) is 4.74 Å². The molecule has 0 saturated carbocycles. The van der Waals surface area contributed by atoms with Gasteiger partial charge in [0.25, 0.3) is 5.91 Å². The summed E-state index contributed by atoms with van der Waals surface area (Å²) in [7, 11) is -4.12. The number of amides is 2. The molecule has 2 amide bonds. The third-order valence-corrected chi connectivity index (χ3v) is 7.31. The predicted octanol–water partition coefficient (Wildman–Crippen LogP) is 3.81. The van der Waals surface area contributed by atoms with Gasteiger partial charge in [-0.1, -0.05) is 0 Å². The third kappa shape index (κ3) is 6.07. The van der Waals surface area contributed by atoms with E-state index in [0.29, 0.717) is 18.9 Å². The molecule has 14 heteroatoms. The van der Waals surface area contributed by atoms with Gasteiger partial charge in [-0.15, -0.1) is 13.2 Å². The normalized spacial score (nSPS) is 18.2. The van der Waals surface area contributed by atoms with Gasteiger partial charge in [0.2, 0.25) is 10.0 Å². The number of benzene rings is 2. The second-order valence-corrected chi connectivity index (χ2v) is 10.4. The van der Waals surface area contributed by atoms with E-state index in [-0.39, 0.29) is 37.0 Å². The monoisotopic (exact) mass is 557 g/mol. The molecule has 2 aromatic rings. The smallest absolute Gasteiger partial charge is 0.410 e. The number of alkyl halides is 3. The largest absolute Gasteiger partial charge is 0.573 e. The molecule has 2 heterocycles. The van der Waals surface area contributed by atoms with Crippen molar-refractivity contribution < 1.29 is 45.0 Å². The Kier molecular flexibility index (Phi) is 7.39. The molecule has 4 rings (SSSR count). The van der Waals surface area contributed by atoms with E-state index in [4.69, 9.17) is 9.88 Å². The number of nitrogens with two attached hydrogens (primary N) is 1. The van der Waals surface area contributed by atoms with Crippen LogP contribution in [0.15, 0.2) is 58.5 Å². The number of primary sulfonamides is 1. The molecule has 1 unspecified atom stereocenters. The Morgan fingerprint density at radius 2 is 1.68 bits per heavy atom. The Hall–Kier alpha value is -3.65. The highest BCUT2D eigenvalue weighted by Gasteiger charge is 2.35. The van der Waals surface area contributed by atoms with Crippen molar-refractivity contribution in [1.29, 1.82) is 0 Å². The summed E-state index contributed by atoms with van der Waals surface area (Å²) in [6, 6.07) is 6.97. The molecule has 0 aliphatic carbocycles. The summed E-state index contributed by atoms with van der Waals surface area (Å²) in [5, 5.41) is 5.01. The van der Waals surface area contributed by atoms with Crippen LogP contribution in [0, 0.1) is 5.82 Å². The van der Waals surface area contributed by atoms with Crippen molar-refractivity contribution >= 4 is 22.0 Å². The number of hydrogen-bond acceptors (Lipinski definition) is 6. The van der Waals surface area contributed by atoms with Crippen LogP contribution in [0.1, 0.15) is 30.1 Å². The quantitative estimate of drug-likeness (QED) is 0.451. The summed E-state index contributed by atoms with van der Waals surface area (Å²) in [5.41, 5.74) is 1.59. The zero-order valence-electron chi connectivity index (χ0n) is 20.0. The molecule has 0 fully saturated rings. The van der Waals surface area contributed by atoms with Crippen LogP contribution in [0.5, 0.6) is 11.5 Å². The second kappa shape index (κ2) is 10.3. The van der Waals surface area contributed by atoms with Gasteiger partial charge in [0.1, 0.15) is 17.3 Å². The minimum Gasteiger partial charge on any atom is -0.410 e. The number of halogens is 4. The van der Waals surface area contributed by atoms with E-state index >= 15 is 0 Å². The average molecular weight is 558 g/mol. The average Bonchev–Trinajstić information content (AvgIpc) is 2.83. The van der Waals surface area contributed by atoms with E-state index in [0.717, 1.165) is 35.4 Å². The molecule has 2 aliphatic heterocycles. The van der Waals surface area contributed by atoms with Crippen molar-refractivity contribution in [1.82, 2.24) is 9.80 Å². The minimum absolute atomic E-state index is 0.0485. The van der Waals surface area contributed by atoms with E-state index in [1.807, 2.05) is 0 Å². The number of ether oxygens (including phenoxy) is 2. The molecule has 2 N–H and O–H groups in total. The van der Waals surface area contributed by atoms with E-state index in [9.17, 15) is 35.6 Å². The number of carbonyl (C=O) groups excluding carboxylic acids is 2. The molecule has 2 aromatic carbocycles. The van der Waals surface area contributed by atoms with E-state index in [1.54, 1.807) is 6.92 Å². The van der Waals surface area contributed by atoms with E-state index < -0.39 is 44.8 Å². The van der Waals surface area contributed by atoms with Gasteiger partial charge >= 0.3 is 12.5 Å². The van der Waals surface area contributed by atoms with Crippen LogP contribution in [-0.4, -0.2) is 62.3 Å². The SMILES string of the molecule is CC1C2=C(CCN1C(=O)Oc1ccc(OC(F)(F)F)cc1)CN(C(=O)c1ccc(S(N)(=O)=O)cc1F)CC2. The first kappa shape index (κ1) is 27.4. The van der Waals surface area contributed by atoms with Gasteiger partial charge in [-0.05, 0) is 73.4 Å². The highest BCUT2D eigenvalue weighted by molar-refractivity contribution is 7.89. The second-order valence-electron chi connectivity index (χ2n) is 8.80. The molecule has 0 aromatic heterocycles. The summed E-state index contributed by atoms with van der Waals surface area (Å²) >= 11 is 0. The van der Waals surface area contributed by atoms with Crippen LogP contribution in [-0.2, 0) is 10.0 Å². The molecule has 38 heavy (non-hydrogen) atoms. The first-order chi connectivity index (χ1) is 17.7. The lowest BCUT2D eigenvalue weighted by molar-refractivity contribution is -0.274. The van der Waals surface area contributed by atoms with Gasteiger partial charge in [-0.2, -0.15) is 0 Å². The van der Waals surface area contributed by atoms with E-state index in [1.165, 1.54) is 21.9 Å². The van der Waals surface area contributed by atoms with Crippen LogP contribution in [0.3, 0.4) is 0 Å². The summed E-state index contributed by atoms with van der Waals surface area (Å²) in [4.78, 5) is 28.2. The lowest BCUT2D eigenvalue weighted by Crippen LogP contribution is -2.49. The molecule has 1 atom stereocenters. The fourth-order valence-electron chi connectivity index (χ4n) is 4.53. The first-order valence-electron chi connectivity index (χ1n) is 11.4. The molecular weight excluding hydrogens is 534 g/mol. The van der Waals surface area contributed by atoms with Crippen LogP contribution < -0.4 is 14.6 Å². The van der Waals surface area contributed by atoms with Crippen molar-refractivity contribution in [2.45, 2.75) is 37.1 Å². The highest BCUT2D eigenvalue weighted by atomic mass is 32.2. The number of sulfonamides is 1. The number of carbonyl (C=O) groups is 2. The lowest BCUT2D eigenvalue weighted by atomic mass is 9.88. The van der Waals surface area contributed by atoms with Gasteiger partial charge in [-0.3, -0.25) is 4.79 Å². The molecule has 9 nitrogen and oxygen atoms in total. The number of rotatable bonds is 4. The Morgan fingerprint density at radius 1 is 1.03 bits per heavy atom. The van der Waals surface area contributed by atoms with Gasteiger partial charge in [0.05, 0.1) is 16.5 Å². The van der Waals surface area contributed by atoms with Crippen LogP contribution in [0.2, 0.25) is 0 Å². The summed E-state index contributed by atoms with van der Waals surface area (Å²) < 4.78 is 83.4. The highest BCUT2D eigenvalue weighted by Crippen LogP contribution is 2.32. The van der Waals surface area contributed by atoms with Crippen molar-refractivity contribution in [2.75, 3.05) is 19.6 Å². The van der Waals surface area contributed by atoms with Crippen LogP contribution >= 0.6 is 0 Å². The minimum atomic E-state index is -4.83. The zero-order chi connectivity index (χ0) is 27.8. The topological polar surface area (TPSA) is 119 Å². The maximum absolute atomic E-state index is 14.5. The Morgan fingerprint density at radius 3 is 2.29 bits per heavy atom. The van der Waals surface area contributed by atoms with Crippen LogP contribution in [0.4, 0.5) is 22.4 Å². The summed E-state index contributed by atoms with van der Waals surface area (Å²) in [6.07, 6.45) is -4.65. The third-order valence-electron chi connectivity index (χ3n) is 6.40. The molecule has 0 radical (unpaired) electrons. The predicted molar refractivity (Wildman–Crippen MR) is 125 cm³/mol. The molecule has 204 valence electrons. The van der Waals surface area contributed by atoms with Crippen molar-refractivity contribution in [2.24, 2.45) is 5.14 Å². The maximum Gasteiger partial charge on any atom is 0.573 e. The van der Waals surface area contributed by atoms with Crippen molar-refractivity contribution in [3.63, 3.8) is 0 Å². The molecule has 0 spiro atoms. The maximum atomic E-state index is 14.5. The summed E-state index contributed by atoms with van der Waals surface area (Å²) in [6.45, 7) is 2.55. The van der Waals surface area contributed by atoms with Crippen LogP contribution in [0.25, 0.3) is 0 Å². The van der Waals surface area contributed by atoms with Crippen molar-refractivity contribution in [3.05, 3.63) is 65.0 Å². The van der Waals surface area contributed by atoms with Gasteiger partial charge in [-0.25, -0.2) is 22.7 Å². The fraction of sp³-hybridized carbons (Fsp3) is 0.333. The first-order valence-corrected chi connectivity index (χ1v) is 12.9. The molecular formula is C24H23F4N3O6S. The van der Waals surface area contributed by atoms with Gasteiger partial charge < -0.3 is 19.3 Å². The number of hydrogen-bond donors (Lipinski definition) is 1. The fourth-order valence-corrected chi connectivity index (χ4v) is 5.06. The van der Waals surface area contributed by atoms with Gasteiger partial charge in [0.15, 0.2) is 0 Å². The van der Waals surface area contributed by atoms with Gasteiger partial charge in [0, 0.05) is 19.6 Å². The Bertz CT molecular complexity index is 1390. The molecule has 0 saturated heterocycles. The Balaban J connectivity index is 1.41. The standard InChI is InChI=1S/C24H23F4N3O6S/c1-14-19-9-10-30(22(32)20-7-6-18(12-21(20)25)38(29,34)35)13-15(19)8-11-31(14)23(33)36-16-2-4-17(5-3-16)37-24(26,27)28/h2-7,12,14H,8-11,13H2,1H3,(H2,29,34,35). The zero-order valence-corrected chi connectivity index (χ0v) is 20.8. The molecule has 0 bridgehead atoms. The number of nitrogens with zero attached hydrogens (tertiary/aromatic N) is 2. The van der Waals surface area contributed by atoms with Crippen molar-refractivity contribution in [3.8, 4) is 11.5 Å². The lowest BCUT2D eigenvalue weighted by Gasteiger charge is -2.41. The summed E-state index contributed by atoms with van der Waals surface area (Å²) in [5.74, 6) is -1.99. The molecule has 2 aliphatic rings.